The van der Waals surface area contributed by atoms with Crippen LogP contribution < -0.4 is 10.2 Å². The molecule has 2 aliphatic heterocycles. The molecular weight excluding hydrogens is 260 g/mol. The topological polar surface area (TPSA) is 31.4 Å². The molecule has 0 saturated carbocycles. The number of hydrogen-bond donors (Lipinski definition) is 1. The van der Waals surface area contributed by atoms with Crippen molar-refractivity contribution in [2.24, 2.45) is 0 Å². The minimum absolute atomic E-state index is 0.579. The predicted octanol–water partition coefficient (Wildman–Crippen LogP) is 2.43. The molecule has 1 aromatic heterocycles. The van der Waals surface area contributed by atoms with Gasteiger partial charge in [0.1, 0.15) is 5.82 Å². The summed E-state index contributed by atoms with van der Waals surface area (Å²) in [6.07, 6.45) is 7.14. The molecule has 0 aromatic carbocycles. The number of pyridine rings is 1. The van der Waals surface area contributed by atoms with Gasteiger partial charge in [-0.05, 0) is 38.4 Å². The minimum Gasteiger partial charge on any atom is -0.354 e. The number of aromatic nitrogens is 1. The molecule has 0 radical (unpaired) electrons. The Bertz CT molecular complexity index is 442. The van der Waals surface area contributed by atoms with E-state index in [1.165, 1.54) is 50.2 Å². The molecule has 116 valence electrons. The summed E-state index contributed by atoms with van der Waals surface area (Å²) < 4.78 is 0. The summed E-state index contributed by atoms with van der Waals surface area (Å²) in [4.78, 5) is 9.87. The monoisotopic (exact) mass is 288 g/mol. The Morgan fingerprint density at radius 2 is 2.14 bits per heavy atom. The largest absolute Gasteiger partial charge is 0.354 e. The van der Waals surface area contributed by atoms with Gasteiger partial charge in [0, 0.05) is 44.0 Å². The first-order chi connectivity index (χ1) is 10.4. The molecule has 2 saturated heterocycles. The lowest BCUT2D eigenvalue weighted by atomic mass is 10.0. The lowest BCUT2D eigenvalue weighted by molar-refractivity contribution is 0.253. The number of hydrogen-bond acceptors (Lipinski definition) is 4. The maximum atomic E-state index is 4.73. The highest BCUT2D eigenvalue weighted by Gasteiger charge is 2.29. The van der Waals surface area contributed by atoms with Crippen LogP contribution in [0.2, 0.25) is 0 Å². The fourth-order valence-electron chi connectivity index (χ4n) is 3.62. The predicted molar refractivity (Wildman–Crippen MR) is 87.8 cm³/mol. The van der Waals surface area contributed by atoms with Gasteiger partial charge in [-0.15, -0.1) is 0 Å². The average molecular weight is 288 g/mol. The van der Waals surface area contributed by atoms with E-state index in [9.17, 15) is 0 Å². The molecule has 1 aromatic rings. The van der Waals surface area contributed by atoms with Crippen molar-refractivity contribution in [2.75, 3.05) is 44.2 Å². The summed E-state index contributed by atoms with van der Waals surface area (Å²) in [5, 5.41) is 3.43. The molecule has 21 heavy (non-hydrogen) atoms. The first-order valence-electron chi connectivity index (χ1n) is 8.55. The van der Waals surface area contributed by atoms with E-state index in [1.807, 2.05) is 6.20 Å². The minimum atomic E-state index is 0.579. The Morgan fingerprint density at radius 1 is 1.29 bits per heavy atom. The molecular formula is C17H28N4. The third-order valence-corrected chi connectivity index (χ3v) is 4.75. The smallest absolute Gasteiger partial charge is 0.133 e. The number of anilines is 1. The van der Waals surface area contributed by atoms with Crippen LogP contribution in [0.25, 0.3) is 0 Å². The Kier molecular flexibility index (Phi) is 5.09. The zero-order chi connectivity index (χ0) is 14.5. The van der Waals surface area contributed by atoms with Crippen LogP contribution in [0.4, 0.5) is 5.82 Å². The van der Waals surface area contributed by atoms with Crippen molar-refractivity contribution in [3.8, 4) is 0 Å². The van der Waals surface area contributed by atoms with Gasteiger partial charge < -0.3 is 10.2 Å². The van der Waals surface area contributed by atoms with Crippen LogP contribution in [-0.2, 0) is 0 Å². The summed E-state index contributed by atoms with van der Waals surface area (Å²) in [7, 11) is 0. The number of unbranched alkanes of at least 4 members (excludes halogenated alkanes) is 1. The van der Waals surface area contributed by atoms with Gasteiger partial charge in [0.15, 0.2) is 0 Å². The summed E-state index contributed by atoms with van der Waals surface area (Å²) in [6, 6.07) is 4.99. The summed E-state index contributed by atoms with van der Waals surface area (Å²) >= 11 is 0. The van der Waals surface area contributed by atoms with Crippen molar-refractivity contribution in [1.29, 1.82) is 0 Å². The van der Waals surface area contributed by atoms with E-state index >= 15 is 0 Å². The Balaban J connectivity index is 1.80. The van der Waals surface area contributed by atoms with E-state index in [0.717, 1.165) is 26.2 Å². The van der Waals surface area contributed by atoms with Gasteiger partial charge in [-0.3, -0.25) is 4.90 Å². The SMILES string of the molecule is CCCCN1CCC[C@H]1c1cccnc1N1CCNCC1. The van der Waals surface area contributed by atoms with Crippen molar-refractivity contribution in [1.82, 2.24) is 15.2 Å². The van der Waals surface area contributed by atoms with Crippen LogP contribution in [0, 0.1) is 0 Å². The molecule has 0 bridgehead atoms. The molecule has 2 aliphatic rings. The van der Waals surface area contributed by atoms with Crippen molar-refractivity contribution >= 4 is 5.82 Å². The normalized spacial score (nSPS) is 23.7. The number of likely N-dealkylation sites (tertiary alicyclic amines) is 1. The highest BCUT2D eigenvalue weighted by atomic mass is 15.2. The molecule has 4 heteroatoms. The zero-order valence-corrected chi connectivity index (χ0v) is 13.2. The molecule has 0 aliphatic carbocycles. The third-order valence-electron chi connectivity index (χ3n) is 4.75. The van der Waals surface area contributed by atoms with Crippen LogP contribution in [0.1, 0.15) is 44.2 Å². The van der Waals surface area contributed by atoms with Gasteiger partial charge in [0.2, 0.25) is 0 Å². The third kappa shape index (κ3) is 3.38. The number of nitrogens with one attached hydrogen (secondary N) is 1. The Morgan fingerprint density at radius 3 is 2.95 bits per heavy atom. The lowest BCUT2D eigenvalue weighted by Crippen LogP contribution is -2.44. The van der Waals surface area contributed by atoms with Gasteiger partial charge in [-0.1, -0.05) is 19.4 Å². The summed E-state index contributed by atoms with van der Waals surface area (Å²) in [5.74, 6) is 1.23. The molecule has 1 N–H and O–H groups in total. The maximum Gasteiger partial charge on any atom is 0.133 e. The first kappa shape index (κ1) is 14.8. The zero-order valence-electron chi connectivity index (χ0n) is 13.2. The van der Waals surface area contributed by atoms with Crippen molar-refractivity contribution in [3.63, 3.8) is 0 Å². The molecule has 3 heterocycles. The second-order valence-electron chi connectivity index (χ2n) is 6.20. The molecule has 2 fully saturated rings. The fraction of sp³-hybridized carbons (Fsp3) is 0.706. The van der Waals surface area contributed by atoms with E-state index in [1.54, 1.807) is 0 Å². The van der Waals surface area contributed by atoms with Crippen molar-refractivity contribution in [2.45, 2.75) is 38.6 Å². The number of nitrogens with zero attached hydrogens (tertiary/aromatic N) is 3. The first-order valence-corrected chi connectivity index (χ1v) is 8.55. The number of piperazine rings is 1. The van der Waals surface area contributed by atoms with Gasteiger partial charge >= 0.3 is 0 Å². The van der Waals surface area contributed by atoms with E-state index < -0.39 is 0 Å². The lowest BCUT2D eigenvalue weighted by Gasteiger charge is -2.33. The van der Waals surface area contributed by atoms with Crippen molar-refractivity contribution < 1.29 is 0 Å². The van der Waals surface area contributed by atoms with E-state index in [4.69, 9.17) is 4.98 Å². The molecule has 1 atom stereocenters. The second kappa shape index (κ2) is 7.23. The van der Waals surface area contributed by atoms with E-state index in [-0.39, 0.29) is 0 Å². The standard InChI is InChI=1S/C17H28N4/c1-2-3-11-20-12-5-7-16(20)15-6-4-8-19-17(15)21-13-9-18-10-14-21/h4,6,8,16,18H,2-3,5,7,9-14H2,1H3/t16-/m0/s1. The Hall–Kier alpha value is -1.13. The second-order valence-corrected chi connectivity index (χ2v) is 6.20. The van der Waals surface area contributed by atoms with E-state index in [0.29, 0.717) is 6.04 Å². The molecule has 0 amide bonds. The fourth-order valence-corrected chi connectivity index (χ4v) is 3.62. The molecule has 0 spiro atoms. The van der Waals surface area contributed by atoms with Crippen molar-refractivity contribution in [3.05, 3.63) is 23.9 Å². The van der Waals surface area contributed by atoms with Gasteiger partial charge in [-0.2, -0.15) is 0 Å². The molecule has 3 rings (SSSR count). The Labute approximate surface area is 128 Å². The summed E-state index contributed by atoms with van der Waals surface area (Å²) in [5.41, 5.74) is 1.45. The van der Waals surface area contributed by atoms with Crippen LogP contribution in [-0.4, -0.2) is 49.2 Å². The van der Waals surface area contributed by atoms with Crippen LogP contribution in [0.5, 0.6) is 0 Å². The van der Waals surface area contributed by atoms with Gasteiger partial charge in [-0.25, -0.2) is 4.98 Å². The van der Waals surface area contributed by atoms with Gasteiger partial charge in [0.25, 0.3) is 0 Å². The molecule has 0 unspecified atom stereocenters. The van der Waals surface area contributed by atoms with Crippen LogP contribution in [0.15, 0.2) is 18.3 Å². The van der Waals surface area contributed by atoms with Crippen LogP contribution in [0.3, 0.4) is 0 Å². The highest BCUT2D eigenvalue weighted by Crippen LogP contribution is 2.36. The van der Waals surface area contributed by atoms with Crippen LogP contribution >= 0.6 is 0 Å². The van der Waals surface area contributed by atoms with E-state index in [2.05, 4.69) is 34.2 Å². The number of rotatable bonds is 5. The summed E-state index contributed by atoms with van der Waals surface area (Å²) in [6.45, 7) is 9.05. The highest BCUT2D eigenvalue weighted by molar-refractivity contribution is 5.49. The molecule has 4 nitrogen and oxygen atoms in total. The maximum absolute atomic E-state index is 4.73. The quantitative estimate of drug-likeness (QED) is 0.902. The van der Waals surface area contributed by atoms with Gasteiger partial charge in [0.05, 0.1) is 0 Å². The average Bonchev–Trinajstić information content (AvgIpc) is 3.02.